The normalized spacial score (nSPS) is 10.2. The molecule has 0 atom stereocenters. The Morgan fingerprint density at radius 1 is 1.19 bits per heavy atom. The van der Waals surface area contributed by atoms with E-state index in [1.54, 1.807) is 18.9 Å². The maximum absolute atomic E-state index is 12.2. The molecule has 1 amide bonds. The van der Waals surface area contributed by atoms with Crippen LogP contribution in [-0.4, -0.2) is 19.3 Å². The molecule has 0 saturated heterocycles. The molecule has 110 valence electrons. The zero-order chi connectivity index (χ0) is 15.2. The number of hydrogen-bond donors (Lipinski definition) is 1. The molecular weight excluding hydrogens is 282 g/mol. The number of aryl methyl sites for hydroxylation is 1. The minimum atomic E-state index is -0.0421. The van der Waals surface area contributed by atoms with E-state index in [2.05, 4.69) is 5.32 Å². The molecule has 0 aromatic heterocycles. The van der Waals surface area contributed by atoms with Crippen LogP contribution in [0.1, 0.15) is 11.1 Å². The number of rotatable bonds is 5. The number of carbonyl (C=O) groups is 1. The second-order valence-corrected chi connectivity index (χ2v) is 5.60. The van der Waals surface area contributed by atoms with Gasteiger partial charge in [0.25, 0.3) is 0 Å². The van der Waals surface area contributed by atoms with Crippen LogP contribution in [0.4, 0.5) is 5.69 Å². The van der Waals surface area contributed by atoms with Crippen molar-refractivity contribution in [1.29, 1.82) is 0 Å². The molecule has 1 N–H and O–H groups in total. The summed E-state index contributed by atoms with van der Waals surface area (Å²) < 4.78 is 5.29. The van der Waals surface area contributed by atoms with Gasteiger partial charge in [-0.3, -0.25) is 4.79 Å². The lowest BCUT2D eigenvalue weighted by molar-refractivity contribution is -0.115. The number of carbonyl (C=O) groups excluding carboxylic acids is 1. The average molecular weight is 301 g/mol. The summed E-state index contributed by atoms with van der Waals surface area (Å²) in [4.78, 5) is 13.4. The van der Waals surface area contributed by atoms with Gasteiger partial charge in [0, 0.05) is 4.90 Å². The van der Waals surface area contributed by atoms with Gasteiger partial charge >= 0.3 is 0 Å². The van der Waals surface area contributed by atoms with E-state index in [4.69, 9.17) is 4.74 Å². The van der Waals surface area contributed by atoms with Gasteiger partial charge in [0.05, 0.1) is 19.2 Å². The van der Waals surface area contributed by atoms with Gasteiger partial charge in [-0.15, -0.1) is 11.8 Å². The van der Waals surface area contributed by atoms with Gasteiger partial charge < -0.3 is 10.1 Å². The standard InChI is InChI=1S/C17H19NO2S/c1-12-5-4-6-15(20-2)17(12)18-16(19)11-13-7-9-14(21-3)10-8-13/h4-10H,11H2,1-3H3,(H,18,19). The number of nitrogens with one attached hydrogen (secondary N) is 1. The topological polar surface area (TPSA) is 38.3 Å². The van der Waals surface area contributed by atoms with E-state index in [9.17, 15) is 4.79 Å². The van der Waals surface area contributed by atoms with Crippen molar-refractivity contribution < 1.29 is 9.53 Å². The Morgan fingerprint density at radius 3 is 2.52 bits per heavy atom. The molecule has 0 bridgehead atoms. The van der Waals surface area contributed by atoms with E-state index in [-0.39, 0.29) is 5.91 Å². The highest BCUT2D eigenvalue weighted by Crippen LogP contribution is 2.27. The maximum atomic E-state index is 12.2. The first-order valence-corrected chi connectivity index (χ1v) is 7.93. The van der Waals surface area contributed by atoms with E-state index >= 15 is 0 Å². The van der Waals surface area contributed by atoms with Crippen LogP contribution in [0.2, 0.25) is 0 Å². The molecular formula is C17H19NO2S. The number of benzene rings is 2. The maximum Gasteiger partial charge on any atom is 0.228 e. The van der Waals surface area contributed by atoms with Gasteiger partial charge in [0.2, 0.25) is 5.91 Å². The number of amides is 1. The predicted molar refractivity (Wildman–Crippen MR) is 88.3 cm³/mol. The Hall–Kier alpha value is -1.94. The second kappa shape index (κ2) is 7.18. The summed E-state index contributed by atoms with van der Waals surface area (Å²) in [5.41, 5.74) is 2.73. The molecule has 0 radical (unpaired) electrons. The quantitative estimate of drug-likeness (QED) is 0.851. The second-order valence-electron chi connectivity index (χ2n) is 4.73. The van der Waals surface area contributed by atoms with E-state index in [1.807, 2.05) is 55.6 Å². The molecule has 0 aliphatic carbocycles. The summed E-state index contributed by atoms with van der Waals surface area (Å²) >= 11 is 1.69. The van der Waals surface area contributed by atoms with Crippen LogP contribution in [0.25, 0.3) is 0 Å². The Bertz CT molecular complexity index is 623. The summed E-state index contributed by atoms with van der Waals surface area (Å²) in [6.45, 7) is 1.95. The van der Waals surface area contributed by atoms with Crippen molar-refractivity contribution in [1.82, 2.24) is 0 Å². The zero-order valence-electron chi connectivity index (χ0n) is 12.5. The molecule has 4 heteroatoms. The predicted octanol–water partition coefficient (Wildman–Crippen LogP) is 3.91. The van der Waals surface area contributed by atoms with Gasteiger partial charge in [-0.25, -0.2) is 0 Å². The number of hydrogen-bond acceptors (Lipinski definition) is 3. The van der Waals surface area contributed by atoms with E-state index in [0.29, 0.717) is 12.2 Å². The van der Waals surface area contributed by atoms with Crippen molar-refractivity contribution in [2.75, 3.05) is 18.7 Å². The smallest absolute Gasteiger partial charge is 0.228 e. The van der Waals surface area contributed by atoms with Crippen LogP contribution in [0, 0.1) is 6.92 Å². The molecule has 3 nitrogen and oxygen atoms in total. The molecule has 0 unspecified atom stereocenters. The molecule has 0 heterocycles. The van der Waals surface area contributed by atoms with Crippen LogP contribution < -0.4 is 10.1 Å². The van der Waals surface area contributed by atoms with Crippen molar-refractivity contribution in [3.63, 3.8) is 0 Å². The SMILES string of the molecule is COc1cccc(C)c1NC(=O)Cc1ccc(SC)cc1. The molecule has 0 fully saturated rings. The monoisotopic (exact) mass is 301 g/mol. The van der Waals surface area contributed by atoms with Gasteiger partial charge in [0.15, 0.2) is 0 Å². The third kappa shape index (κ3) is 4.02. The first kappa shape index (κ1) is 15.4. The van der Waals surface area contributed by atoms with Crippen molar-refractivity contribution >= 4 is 23.4 Å². The number of anilines is 1. The first-order valence-electron chi connectivity index (χ1n) is 6.70. The number of para-hydroxylation sites is 1. The lowest BCUT2D eigenvalue weighted by atomic mass is 10.1. The highest BCUT2D eigenvalue weighted by atomic mass is 32.2. The summed E-state index contributed by atoms with van der Waals surface area (Å²) in [6, 6.07) is 13.7. The Labute approximate surface area is 129 Å². The molecule has 0 spiro atoms. The molecule has 2 rings (SSSR count). The molecule has 0 aliphatic heterocycles. The largest absolute Gasteiger partial charge is 0.495 e. The lowest BCUT2D eigenvalue weighted by Crippen LogP contribution is -2.15. The van der Waals surface area contributed by atoms with Gasteiger partial charge in [-0.1, -0.05) is 24.3 Å². The van der Waals surface area contributed by atoms with Crippen LogP contribution in [0.3, 0.4) is 0 Å². The van der Waals surface area contributed by atoms with Gasteiger partial charge in [0.1, 0.15) is 5.75 Å². The van der Waals surface area contributed by atoms with Crippen molar-refractivity contribution in [3.05, 3.63) is 53.6 Å². The summed E-state index contributed by atoms with van der Waals surface area (Å²) in [7, 11) is 1.60. The third-order valence-corrected chi connectivity index (χ3v) is 3.99. The Kier molecular flexibility index (Phi) is 5.28. The Balaban J connectivity index is 2.08. The van der Waals surface area contributed by atoms with Crippen molar-refractivity contribution in [3.8, 4) is 5.75 Å². The number of methoxy groups -OCH3 is 1. The summed E-state index contributed by atoms with van der Waals surface area (Å²) in [5, 5.41) is 2.94. The fraction of sp³-hybridized carbons (Fsp3) is 0.235. The molecule has 21 heavy (non-hydrogen) atoms. The van der Waals surface area contributed by atoms with Crippen LogP contribution in [-0.2, 0) is 11.2 Å². The van der Waals surface area contributed by atoms with Crippen LogP contribution in [0.15, 0.2) is 47.4 Å². The number of ether oxygens (including phenoxy) is 1. The van der Waals surface area contributed by atoms with E-state index < -0.39 is 0 Å². The molecule has 0 saturated carbocycles. The minimum absolute atomic E-state index is 0.0421. The summed E-state index contributed by atoms with van der Waals surface area (Å²) in [5.74, 6) is 0.639. The van der Waals surface area contributed by atoms with Crippen LogP contribution >= 0.6 is 11.8 Å². The van der Waals surface area contributed by atoms with Gasteiger partial charge in [-0.05, 0) is 42.5 Å². The lowest BCUT2D eigenvalue weighted by Gasteiger charge is -2.12. The minimum Gasteiger partial charge on any atom is -0.495 e. The number of thioether (sulfide) groups is 1. The first-order chi connectivity index (χ1) is 10.1. The highest BCUT2D eigenvalue weighted by Gasteiger charge is 2.10. The highest BCUT2D eigenvalue weighted by molar-refractivity contribution is 7.98. The zero-order valence-corrected chi connectivity index (χ0v) is 13.3. The third-order valence-electron chi connectivity index (χ3n) is 3.24. The van der Waals surface area contributed by atoms with Crippen LogP contribution in [0.5, 0.6) is 5.75 Å². The molecule has 0 aliphatic rings. The van der Waals surface area contributed by atoms with Crippen molar-refractivity contribution in [2.45, 2.75) is 18.2 Å². The van der Waals surface area contributed by atoms with E-state index in [0.717, 1.165) is 16.8 Å². The fourth-order valence-electron chi connectivity index (χ4n) is 2.08. The fourth-order valence-corrected chi connectivity index (χ4v) is 2.49. The molecule has 2 aromatic carbocycles. The Morgan fingerprint density at radius 2 is 1.90 bits per heavy atom. The van der Waals surface area contributed by atoms with Gasteiger partial charge in [-0.2, -0.15) is 0 Å². The average Bonchev–Trinajstić information content (AvgIpc) is 2.50. The molecule has 2 aromatic rings. The van der Waals surface area contributed by atoms with E-state index in [1.165, 1.54) is 4.90 Å². The van der Waals surface area contributed by atoms with Crippen molar-refractivity contribution in [2.24, 2.45) is 0 Å². The summed E-state index contributed by atoms with van der Waals surface area (Å²) in [6.07, 6.45) is 2.39.